The minimum Gasteiger partial charge on any atom is -0.491 e. The van der Waals surface area contributed by atoms with Gasteiger partial charge in [0.1, 0.15) is 12.4 Å². The van der Waals surface area contributed by atoms with Crippen molar-refractivity contribution in [2.24, 2.45) is 0 Å². The van der Waals surface area contributed by atoms with Crippen LogP contribution in [0.1, 0.15) is 37.3 Å². The Morgan fingerprint density at radius 3 is 2.93 bits per heavy atom. The van der Waals surface area contributed by atoms with E-state index >= 15 is 0 Å². The molecule has 0 aliphatic carbocycles. The first-order chi connectivity index (χ1) is 13.2. The van der Waals surface area contributed by atoms with Crippen molar-refractivity contribution >= 4 is 11.9 Å². The van der Waals surface area contributed by atoms with E-state index in [1.807, 2.05) is 25.1 Å². The Morgan fingerprint density at radius 1 is 1.26 bits per heavy atom. The molecule has 2 heterocycles. The Morgan fingerprint density at radius 2 is 2.15 bits per heavy atom. The fourth-order valence-electron chi connectivity index (χ4n) is 3.42. The smallest absolute Gasteiger partial charge is 0.317 e. The molecule has 2 aliphatic rings. The van der Waals surface area contributed by atoms with Crippen LogP contribution in [-0.4, -0.2) is 55.8 Å². The second-order valence-electron chi connectivity index (χ2n) is 6.99. The van der Waals surface area contributed by atoms with Gasteiger partial charge in [-0.2, -0.15) is 0 Å². The average Bonchev–Trinajstić information content (AvgIpc) is 3.10. The molecule has 0 spiro atoms. The van der Waals surface area contributed by atoms with Crippen LogP contribution in [0.15, 0.2) is 18.2 Å². The molecule has 7 heteroatoms. The average molecular weight is 375 g/mol. The highest BCUT2D eigenvalue weighted by molar-refractivity contribution is 5.76. The number of urea groups is 1. The van der Waals surface area contributed by atoms with Crippen LogP contribution in [0.3, 0.4) is 0 Å². The van der Waals surface area contributed by atoms with Crippen molar-refractivity contribution in [3.8, 4) is 5.75 Å². The van der Waals surface area contributed by atoms with Gasteiger partial charge in [-0.3, -0.25) is 4.79 Å². The van der Waals surface area contributed by atoms with Crippen molar-refractivity contribution in [2.75, 3.05) is 32.8 Å². The van der Waals surface area contributed by atoms with Gasteiger partial charge in [-0.15, -0.1) is 0 Å². The molecular weight excluding hydrogens is 346 g/mol. The first-order valence-electron chi connectivity index (χ1n) is 9.81. The van der Waals surface area contributed by atoms with Gasteiger partial charge >= 0.3 is 6.03 Å². The number of amides is 3. The summed E-state index contributed by atoms with van der Waals surface area (Å²) in [5, 5.41) is 5.79. The number of benzene rings is 1. The van der Waals surface area contributed by atoms with Gasteiger partial charge < -0.3 is 25.0 Å². The third kappa shape index (κ3) is 5.60. The van der Waals surface area contributed by atoms with Gasteiger partial charge in [0.2, 0.25) is 5.91 Å². The number of aryl methyl sites for hydroxylation is 1. The van der Waals surface area contributed by atoms with E-state index in [9.17, 15) is 9.59 Å². The maximum atomic E-state index is 12.1. The first kappa shape index (κ1) is 19.5. The van der Waals surface area contributed by atoms with E-state index in [1.165, 1.54) is 0 Å². The summed E-state index contributed by atoms with van der Waals surface area (Å²) in [5.41, 5.74) is 2.05. The zero-order chi connectivity index (χ0) is 19.1. The van der Waals surface area contributed by atoms with Crippen molar-refractivity contribution in [3.63, 3.8) is 0 Å². The number of rotatable bonds is 6. The summed E-state index contributed by atoms with van der Waals surface area (Å²) in [6.45, 7) is 5.45. The number of carbonyl (C=O) groups excluding carboxylic acids is 2. The lowest BCUT2D eigenvalue weighted by molar-refractivity contribution is -0.121. The van der Waals surface area contributed by atoms with Gasteiger partial charge in [-0.1, -0.05) is 12.1 Å². The molecule has 2 N–H and O–H groups in total. The van der Waals surface area contributed by atoms with Crippen molar-refractivity contribution in [1.29, 1.82) is 0 Å². The molecule has 3 amide bonds. The summed E-state index contributed by atoms with van der Waals surface area (Å²) < 4.78 is 11.3. The molecule has 27 heavy (non-hydrogen) atoms. The monoisotopic (exact) mass is 375 g/mol. The second-order valence-corrected chi connectivity index (χ2v) is 6.99. The van der Waals surface area contributed by atoms with Crippen LogP contribution in [0.2, 0.25) is 0 Å². The van der Waals surface area contributed by atoms with Gasteiger partial charge in [0.05, 0.1) is 19.2 Å². The number of hydrogen-bond donors (Lipinski definition) is 2. The van der Waals surface area contributed by atoms with Crippen molar-refractivity contribution in [1.82, 2.24) is 15.5 Å². The van der Waals surface area contributed by atoms with Gasteiger partial charge in [0.25, 0.3) is 0 Å². The van der Waals surface area contributed by atoms with Gasteiger partial charge in [0, 0.05) is 31.7 Å². The Hall–Kier alpha value is -2.28. The van der Waals surface area contributed by atoms with E-state index < -0.39 is 0 Å². The summed E-state index contributed by atoms with van der Waals surface area (Å²) in [6.07, 6.45) is 3.36. The van der Waals surface area contributed by atoms with Crippen LogP contribution >= 0.6 is 0 Å². The summed E-state index contributed by atoms with van der Waals surface area (Å²) in [4.78, 5) is 26.0. The molecule has 3 rings (SSSR count). The Balaban J connectivity index is 1.53. The van der Waals surface area contributed by atoms with E-state index in [0.29, 0.717) is 45.6 Å². The maximum absolute atomic E-state index is 12.1. The molecule has 0 radical (unpaired) electrons. The fraction of sp³-hybridized carbons (Fsp3) is 0.600. The molecule has 1 aromatic rings. The molecule has 0 aromatic heterocycles. The molecule has 148 valence electrons. The highest BCUT2D eigenvalue weighted by atomic mass is 16.5. The van der Waals surface area contributed by atoms with Gasteiger partial charge in [-0.25, -0.2) is 4.79 Å². The van der Waals surface area contributed by atoms with Gasteiger partial charge in [0.15, 0.2) is 0 Å². The van der Waals surface area contributed by atoms with E-state index in [2.05, 4.69) is 10.6 Å². The first-order valence-corrected chi connectivity index (χ1v) is 9.81. The van der Waals surface area contributed by atoms with Crippen LogP contribution in [-0.2, 0) is 22.5 Å². The van der Waals surface area contributed by atoms with Crippen molar-refractivity contribution < 1.29 is 19.1 Å². The largest absolute Gasteiger partial charge is 0.491 e. The van der Waals surface area contributed by atoms with Crippen LogP contribution in [0.5, 0.6) is 5.75 Å². The standard InChI is InChI=1S/C20H29N3O4/c1-2-21-20(25)23-9-11-27-18-7-5-15(12-16(18)14-23)6-8-19(24)22-13-17-4-3-10-26-17/h5,7,12,17H,2-4,6,8-11,13-14H2,1H3,(H,21,25)(H,22,24). The lowest BCUT2D eigenvalue weighted by Crippen LogP contribution is -2.40. The molecule has 1 unspecified atom stereocenters. The molecule has 1 aromatic carbocycles. The molecule has 2 aliphatic heterocycles. The quantitative estimate of drug-likeness (QED) is 0.795. The predicted molar refractivity (Wildman–Crippen MR) is 102 cm³/mol. The number of fused-ring (bicyclic) bond motifs is 1. The third-order valence-corrected chi connectivity index (χ3v) is 4.91. The fourth-order valence-corrected chi connectivity index (χ4v) is 3.42. The minimum absolute atomic E-state index is 0.0423. The maximum Gasteiger partial charge on any atom is 0.317 e. The van der Waals surface area contributed by atoms with Crippen LogP contribution in [0.25, 0.3) is 0 Å². The van der Waals surface area contributed by atoms with Crippen molar-refractivity contribution in [2.45, 2.75) is 45.3 Å². The summed E-state index contributed by atoms with van der Waals surface area (Å²) in [7, 11) is 0. The van der Waals surface area contributed by atoms with E-state index in [1.54, 1.807) is 4.90 Å². The lowest BCUT2D eigenvalue weighted by atomic mass is 10.0. The molecular formula is C20H29N3O4. The molecule has 1 fully saturated rings. The number of ether oxygens (including phenoxy) is 2. The van der Waals surface area contributed by atoms with Crippen molar-refractivity contribution in [3.05, 3.63) is 29.3 Å². The van der Waals surface area contributed by atoms with E-state index in [-0.39, 0.29) is 18.0 Å². The van der Waals surface area contributed by atoms with E-state index in [4.69, 9.17) is 9.47 Å². The van der Waals surface area contributed by atoms with Gasteiger partial charge in [-0.05, 0) is 37.8 Å². The highest BCUT2D eigenvalue weighted by Crippen LogP contribution is 2.25. The minimum atomic E-state index is -0.0761. The summed E-state index contributed by atoms with van der Waals surface area (Å²) in [5.74, 6) is 0.856. The molecule has 1 atom stereocenters. The Labute approximate surface area is 160 Å². The SMILES string of the molecule is CCNC(=O)N1CCOc2ccc(CCC(=O)NCC3CCCO3)cc2C1. The number of carbonyl (C=O) groups is 2. The Bertz CT molecular complexity index is 659. The van der Waals surface area contributed by atoms with Crippen LogP contribution in [0.4, 0.5) is 4.79 Å². The predicted octanol–water partition coefficient (Wildman–Crippen LogP) is 1.84. The summed E-state index contributed by atoms with van der Waals surface area (Å²) >= 11 is 0. The Kier molecular flexibility index (Phi) is 6.92. The molecule has 7 nitrogen and oxygen atoms in total. The second kappa shape index (κ2) is 9.60. The lowest BCUT2D eigenvalue weighted by Gasteiger charge is -2.20. The number of hydrogen-bond acceptors (Lipinski definition) is 4. The summed E-state index contributed by atoms with van der Waals surface area (Å²) in [6, 6.07) is 5.90. The molecule has 0 saturated carbocycles. The number of nitrogens with zero attached hydrogens (tertiary/aromatic N) is 1. The molecule has 1 saturated heterocycles. The third-order valence-electron chi connectivity index (χ3n) is 4.91. The molecule has 0 bridgehead atoms. The van der Waals surface area contributed by atoms with Crippen LogP contribution < -0.4 is 15.4 Å². The number of nitrogens with one attached hydrogen (secondary N) is 2. The van der Waals surface area contributed by atoms with E-state index in [0.717, 1.165) is 36.3 Å². The highest BCUT2D eigenvalue weighted by Gasteiger charge is 2.20. The topological polar surface area (TPSA) is 79.9 Å². The zero-order valence-corrected chi connectivity index (χ0v) is 16.0. The van der Waals surface area contributed by atoms with Crippen LogP contribution in [0, 0.1) is 0 Å². The normalized spacial score (nSPS) is 19.0. The zero-order valence-electron chi connectivity index (χ0n) is 16.0.